The van der Waals surface area contributed by atoms with Gasteiger partial charge in [-0.25, -0.2) is 0 Å². The van der Waals surface area contributed by atoms with Crippen molar-refractivity contribution in [2.24, 2.45) is 11.7 Å². The monoisotopic (exact) mass is 182 g/mol. The summed E-state index contributed by atoms with van der Waals surface area (Å²) in [5.74, 6) is 9.87. The standard InChI is InChI=1S/C7H10N4O2/c8-10(12)5-6-2-1-3-7(4-6)11(9)13/h1-4H,5,8-9H2/q-2. The summed E-state index contributed by atoms with van der Waals surface area (Å²) < 4.78 is 0. The molecule has 0 saturated heterocycles. The summed E-state index contributed by atoms with van der Waals surface area (Å²) in [6.45, 7) is 0.0294. The van der Waals surface area contributed by atoms with Crippen LogP contribution < -0.4 is 16.9 Å². The van der Waals surface area contributed by atoms with E-state index in [4.69, 9.17) is 11.7 Å². The second-order valence-corrected chi connectivity index (χ2v) is 2.57. The number of hydrogen-bond donors (Lipinski definition) is 2. The van der Waals surface area contributed by atoms with Crippen LogP contribution in [-0.4, -0.2) is 5.17 Å². The van der Waals surface area contributed by atoms with Crippen LogP contribution in [0.3, 0.4) is 0 Å². The third-order valence-electron chi connectivity index (χ3n) is 1.50. The molecular weight excluding hydrogens is 172 g/mol. The van der Waals surface area contributed by atoms with Crippen LogP contribution in [0.15, 0.2) is 24.3 Å². The zero-order chi connectivity index (χ0) is 9.84. The first-order valence-electron chi connectivity index (χ1n) is 3.60. The molecule has 0 radical (unpaired) electrons. The average Bonchev–Trinajstić information content (AvgIpc) is 2.03. The first-order chi connectivity index (χ1) is 6.09. The van der Waals surface area contributed by atoms with Crippen molar-refractivity contribution >= 4 is 5.69 Å². The van der Waals surface area contributed by atoms with E-state index in [0.29, 0.717) is 11.3 Å². The molecule has 1 aromatic carbocycles. The third kappa shape index (κ3) is 2.98. The second kappa shape index (κ2) is 4.17. The summed E-state index contributed by atoms with van der Waals surface area (Å²) >= 11 is 0. The molecule has 0 aliphatic carbocycles. The molecule has 0 aliphatic rings. The maximum Gasteiger partial charge on any atom is 0.0406 e. The van der Waals surface area contributed by atoms with Gasteiger partial charge in [-0.3, -0.25) is 11.7 Å². The van der Waals surface area contributed by atoms with Gasteiger partial charge in [-0.1, -0.05) is 12.1 Å². The van der Waals surface area contributed by atoms with Crippen LogP contribution in [0.1, 0.15) is 5.56 Å². The van der Waals surface area contributed by atoms with E-state index in [9.17, 15) is 10.4 Å². The van der Waals surface area contributed by atoms with Crippen molar-refractivity contribution in [3.63, 3.8) is 0 Å². The van der Waals surface area contributed by atoms with Crippen molar-refractivity contribution in [1.82, 2.24) is 5.17 Å². The highest BCUT2D eigenvalue weighted by atomic mass is 16.5. The van der Waals surface area contributed by atoms with Crippen LogP contribution in [0.2, 0.25) is 0 Å². The summed E-state index contributed by atoms with van der Waals surface area (Å²) in [5.41, 5.74) is 0.931. The van der Waals surface area contributed by atoms with E-state index >= 15 is 0 Å². The molecule has 1 rings (SSSR count). The molecule has 0 saturated carbocycles. The quantitative estimate of drug-likeness (QED) is 0.505. The minimum absolute atomic E-state index is 0.0294. The van der Waals surface area contributed by atoms with E-state index in [2.05, 4.69) is 0 Å². The third-order valence-corrected chi connectivity index (χ3v) is 1.50. The number of nitrogens with two attached hydrogens (primary N) is 2. The Balaban J connectivity index is 2.79. The van der Waals surface area contributed by atoms with Crippen molar-refractivity contribution in [2.45, 2.75) is 6.54 Å². The molecule has 0 aliphatic heterocycles. The molecule has 13 heavy (non-hydrogen) atoms. The van der Waals surface area contributed by atoms with Crippen LogP contribution in [-0.2, 0) is 6.54 Å². The van der Waals surface area contributed by atoms with Crippen molar-refractivity contribution < 1.29 is 0 Å². The molecule has 4 N–H and O–H groups in total. The van der Waals surface area contributed by atoms with Gasteiger partial charge in [-0.15, -0.1) is 0 Å². The van der Waals surface area contributed by atoms with Crippen LogP contribution in [0.25, 0.3) is 0 Å². The van der Waals surface area contributed by atoms with Gasteiger partial charge >= 0.3 is 0 Å². The van der Waals surface area contributed by atoms with E-state index in [1.54, 1.807) is 18.2 Å². The van der Waals surface area contributed by atoms with Crippen molar-refractivity contribution in [1.29, 1.82) is 0 Å². The normalized spacial score (nSPS) is 10.5. The summed E-state index contributed by atoms with van der Waals surface area (Å²) in [5, 5.41) is 21.6. The van der Waals surface area contributed by atoms with Crippen molar-refractivity contribution in [3.05, 3.63) is 40.2 Å². The highest BCUT2D eigenvalue weighted by molar-refractivity contribution is 5.47. The lowest BCUT2D eigenvalue weighted by Gasteiger charge is -2.26. The molecule has 6 nitrogen and oxygen atoms in total. The van der Waals surface area contributed by atoms with E-state index in [1.807, 2.05) is 0 Å². The predicted octanol–water partition coefficient (Wildman–Crippen LogP) is 0.0380. The zero-order valence-corrected chi connectivity index (χ0v) is 6.88. The predicted molar refractivity (Wildman–Crippen MR) is 49.6 cm³/mol. The summed E-state index contributed by atoms with van der Waals surface area (Å²) in [4.78, 5) is 0. The zero-order valence-electron chi connectivity index (χ0n) is 6.88. The Kier molecular flexibility index (Phi) is 3.18. The lowest BCUT2D eigenvalue weighted by Crippen LogP contribution is -2.24. The Morgan fingerprint density at radius 2 is 1.92 bits per heavy atom. The van der Waals surface area contributed by atoms with Crippen LogP contribution in [0.4, 0.5) is 5.69 Å². The fraction of sp³-hybridized carbons (Fsp3) is 0.143. The van der Waals surface area contributed by atoms with Gasteiger partial charge in [0.15, 0.2) is 0 Å². The summed E-state index contributed by atoms with van der Waals surface area (Å²) in [6.07, 6.45) is 0. The molecular formula is C7H10N4O2-2. The average molecular weight is 182 g/mol. The van der Waals surface area contributed by atoms with E-state index in [-0.39, 0.29) is 16.9 Å². The highest BCUT2D eigenvalue weighted by Gasteiger charge is 1.94. The second-order valence-electron chi connectivity index (χ2n) is 2.57. The first-order valence-corrected chi connectivity index (χ1v) is 3.60. The summed E-state index contributed by atoms with van der Waals surface area (Å²) in [6, 6.07) is 6.36. The van der Waals surface area contributed by atoms with Crippen LogP contribution in [0.5, 0.6) is 0 Å². The number of hydrogen-bond acceptors (Lipinski definition) is 6. The van der Waals surface area contributed by atoms with Gasteiger partial charge in [-0.2, -0.15) is 0 Å². The van der Waals surface area contributed by atoms with E-state index in [0.717, 1.165) is 0 Å². The topological polar surface area (TPSA) is 105 Å². The maximum absolute atomic E-state index is 10.7. The molecule has 0 unspecified atom stereocenters. The number of rotatable bonds is 3. The molecule has 6 heteroatoms. The van der Waals surface area contributed by atoms with Gasteiger partial charge in [0.05, 0.1) is 0 Å². The SMILES string of the molecule is NN([O-])Cc1cccc(N(N)[O-])c1. The lowest BCUT2D eigenvalue weighted by molar-refractivity contribution is 0.389. The number of benzene rings is 1. The Morgan fingerprint density at radius 1 is 1.23 bits per heavy atom. The van der Waals surface area contributed by atoms with Crippen LogP contribution in [0, 0.1) is 10.4 Å². The van der Waals surface area contributed by atoms with Crippen LogP contribution >= 0.6 is 0 Å². The molecule has 72 valence electrons. The van der Waals surface area contributed by atoms with E-state index < -0.39 is 0 Å². The van der Waals surface area contributed by atoms with Gasteiger partial charge < -0.3 is 20.8 Å². The van der Waals surface area contributed by atoms with Gasteiger partial charge in [0.25, 0.3) is 0 Å². The first kappa shape index (κ1) is 9.90. The Bertz CT molecular complexity index is 277. The van der Waals surface area contributed by atoms with Crippen molar-refractivity contribution in [3.8, 4) is 0 Å². The number of hydrazine groups is 2. The largest absolute Gasteiger partial charge is 0.772 e. The number of nitrogens with zero attached hydrogens (tertiary/aromatic N) is 2. The smallest absolute Gasteiger partial charge is 0.0406 e. The molecule has 0 atom stereocenters. The van der Waals surface area contributed by atoms with Gasteiger partial charge in [-0.05, 0) is 17.7 Å². The molecule has 0 aromatic heterocycles. The van der Waals surface area contributed by atoms with Gasteiger partial charge in [0, 0.05) is 12.2 Å². The molecule has 0 heterocycles. The van der Waals surface area contributed by atoms with Crippen molar-refractivity contribution in [2.75, 3.05) is 5.17 Å². The summed E-state index contributed by atoms with van der Waals surface area (Å²) in [7, 11) is 0. The Hall–Kier alpha value is -1.18. The fourth-order valence-corrected chi connectivity index (χ4v) is 0.972. The molecule has 1 aromatic rings. The van der Waals surface area contributed by atoms with Gasteiger partial charge in [0.1, 0.15) is 0 Å². The lowest BCUT2D eigenvalue weighted by atomic mass is 10.2. The molecule has 0 bridgehead atoms. The maximum atomic E-state index is 10.7. The minimum atomic E-state index is 0.0294. The fourth-order valence-electron chi connectivity index (χ4n) is 0.972. The molecule has 0 amide bonds. The number of anilines is 1. The van der Waals surface area contributed by atoms with Gasteiger partial charge in [0.2, 0.25) is 0 Å². The highest BCUT2D eigenvalue weighted by Crippen LogP contribution is 2.13. The Morgan fingerprint density at radius 3 is 2.46 bits per heavy atom. The Labute approximate surface area is 75.4 Å². The molecule has 0 spiro atoms. The van der Waals surface area contributed by atoms with E-state index in [1.165, 1.54) is 6.07 Å². The molecule has 0 fully saturated rings. The minimum Gasteiger partial charge on any atom is -0.772 e. The number of hydroxylamine groups is 1.